The summed E-state index contributed by atoms with van der Waals surface area (Å²) in [6.07, 6.45) is 1.69. The van der Waals surface area contributed by atoms with Crippen LogP contribution in [0.3, 0.4) is 0 Å². The summed E-state index contributed by atoms with van der Waals surface area (Å²) < 4.78 is 0. The molecule has 0 saturated heterocycles. The minimum Gasteiger partial charge on any atom is -0.474 e. The smallest absolute Gasteiger partial charge is 0.394 e. The number of carboxylic acid groups (broad SMARTS) is 1. The number of benzene rings is 1. The number of aliphatic carboxylic acids is 1. The van der Waals surface area contributed by atoms with Crippen molar-refractivity contribution in [2.24, 2.45) is 0 Å². The molecule has 1 aliphatic rings. The molecule has 1 aromatic carbocycles. The average molecular weight is 219 g/mol. The van der Waals surface area contributed by atoms with Gasteiger partial charge in [0.1, 0.15) is 0 Å². The van der Waals surface area contributed by atoms with Crippen molar-refractivity contribution in [2.45, 2.75) is 25.8 Å². The van der Waals surface area contributed by atoms with Gasteiger partial charge in [-0.2, -0.15) is 0 Å². The van der Waals surface area contributed by atoms with Gasteiger partial charge in [-0.25, -0.2) is 4.79 Å². The molecule has 0 fully saturated rings. The van der Waals surface area contributed by atoms with Crippen molar-refractivity contribution in [2.75, 3.05) is 4.90 Å². The summed E-state index contributed by atoms with van der Waals surface area (Å²) in [5.41, 5.74) is 1.77. The number of fused-ring (bicyclic) bond motifs is 1. The number of carbonyl (C=O) groups is 2. The summed E-state index contributed by atoms with van der Waals surface area (Å²) in [7, 11) is 0. The first-order valence-electron chi connectivity index (χ1n) is 5.25. The lowest BCUT2D eigenvalue weighted by Gasteiger charge is -2.33. The molecule has 0 radical (unpaired) electrons. The van der Waals surface area contributed by atoms with Crippen LogP contribution in [0.15, 0.2) is 24.3 Å². The molecule has 1 unspecified atom stereocenters. The second-order valence-corrected chi connectivity index (χ2v) is 4.00. The Morgan fingerprint density at radius 2 is 2.06 bits per heavy atom. The van der Waals surface area contributed by atoms with Crippen LogP contribution >= 0.6 is 0 Å². The van der Waals surface area contributed by atoms with Gasteiger partial charge >= 0.3 is 11.9 Å². The summed E-state index contributed by atoms with van der Waals surface area (Å²) in [4.78, 5) is 23.7. The summed E-state index contributed by atoms with van der Waals surface area (Å²) >= 11 is 0. The highest BCUT2D eigenvalue weighted by atomic mass is 16.4. The lowest BCUT2D eigenvalue weighted by atomic mass is 9.96. The number of rotatable bonds is 0. The van der Waals surface area contributed by atoms with Crippen LogP contribution in [-0.4, -0.2) is 23.0 Å². The van der Waals surface area contributed by atoms with Gasteiger partial charge in [-0.1, -0.05) is 18.2 Å². The molecule has 2 rings (SSSR count). The Morgan fingerprint density at radius 3 is 2.75 bits per heavy atom. The molecule has 84 valence electrons. The molecule has 0 saturated carbocycles. The van der Waals surface area contributed by atoms with E-state index in [1.54, 1.807) is 6.07 Å². The van der Waals surface area contributed by atoms with Gasteiger partial charge in [0.15, 0.2) is 0 Å². The monoisotopic (exact) mass is 219 g/mol. The van der Waals surface area contributed by atoms with Crippen molar-refractivity contribution < 1.29 is 14.7 Å². The van der Waals surface area contributed by atoms with E-state index in [0.29, 0.717) is 0 Å². The van der Waals surface area contributed by atoms with Crippen LogP contribution < -0.4 is 4.90 Å². The summed E-state index contributed by atoms with van der Waals surface area (Å²) in [5, 5.41) is 8.79. The van der Waals surface area contributed by atoms with Gasteiger partial charge in [-0.05, 0) is 31.4 Å². The number of hydrogen-bond acceptors (Lipinski definition) is 2. The molecule has 1 atom stereocenters. The van der Waals surface area contributed by atoms with Crippen molar-refractivity contribution in [1.82, 2.24) is 0 Å². The summed E-state index contributed by atoms with van der Waals surface area (Å²) in [6, 6.07) is 7.39. The van der Waals surface area contributed by atoms with Crippen molar-refractivity contribution in [1.29, 1.82) is 0 Å². The van der Waals surface area contributed by atoms with E-state index < -0.39 is 11.9 Å². The number of anilines is 1. The molecule has 0 spiro atoms. The van der Waals surface area contributed by atoms with E-state index in [-0.39, 0.29) is 6.04 Å². The second kappa shape index (κ2) is 3.96. The largest absolute Gasteiger partial charge is 0.474 e. The molecule has 0 aromatic heterocycles. The number of carbonyl (C=O) groups excluding carboxylic acids is 1. The predicted octanol–water partition coefficient (Wildman–Crippen LogP) is 1.44. The van der Waals surface area contributed by atoms with Crippen LogP contribution in [0.1, 0.15) is 18.9 Å². The average Bonchev–Trinajstić information content (AvgIpc) is 2.28. The van der Waals surface area contributed by atoms with Crippen molar-refractivity contribution in [3.8, 4) is 0 Å². The van der Waals surface area contributed by atoms with Gasteiger partial charge in [0.2, 0.25) is 0 Å². The molecule has 1 N–H and O–H groups in total. The molecule has 1 aliphatic heterocycles. The third kappa shape index (κ3) is 1.66. The molecule has 4 nitrogen and oxygen atoms in total. The van der Waals surface area contributed by atoms with E-state index in [0.717, 1.165) is 24.1 Å². The van der Waals surface area contributed by atoms with Crippen LogP contribution in [0.4, 0.5) is 5.69 Å². The molecule has 4 heteroatoms. The number of hydrogen-bond donors (Lipinski definition) is 1. The first kappa shape index (κ1) is 10.7. The fourth-order valence-corrected chi connectivity index (χ4v) is 2.10. The van der Waals surface area contributed by atoms with E-state index in [9.17, 15) is 9.59 Å². The molecular formula is C12H13NO3. The first-order chi connectivity index (χ1) is 7.61. The lowest BCUT2D eigenvalue weighted by molar-refractivity contribution is -0.149. The van der Waals surface area contributed by atoms with Crippen LogP contribution in [0.25, 0.3) is 0 Å². The Balaban J connectivity index is 2.44. The number of para-hydroxylation sites is 1. The van der Waals surface area contributed by atoms with E-state index in [2.05, 4.69) is 0 Å². The SMILES string of the molecule is CC1CCc2ccccc2N1C(=O)C(=O)O. The van der Waals surface area contributed by atoms with Gasteiger partial charge in [0.05, 0.1) is 0 Å². The highest BCUT2D eigenvalue weighted by molar-refractivity contribution is 6.37. The molecule has 1 aromatic rings. The van der Waals surface area contributed by atoms with Gasteiger partial charge in [0.25, 0.3) is 0 Å². The summed E-state index contributed by atoms with van der Waals surface area (Å²) in [6.45, 7) is 1.87. The predicted molar refractivity (Wildman–Crippen MR) is 59.3 cm³/mol. The molecule has 0 bridgehead atoms. The zero-order chi connectivity index (χ0) is 11.7. The second-order valence-electron chi connectivity index (χ2n) is 4.00. The Kier molecular flexibility index (Phi) is 2.64. The quantitative estimate of drug-likeness (QED) is 0.672. The molecule has 1 amide bonds. The lowest BCUT2D eigenvalue weighted by Crippen LogP contribution is -2.45. The maximum absolute atomic E-state index is 11.6. The Hall–Kier alpha value is -1.84. The first-order valence-corrected chi connectivity index (χ1v) is 5.25. The maximum Gasteiger partial charge on any atom is 0.394 e. The van der Waals surface area contributed by atoms with Crippen LogP contribution in [0.5, 0.6) is 0 Å². The summed E-state index contributed by atoms with van der Waals surface area (Å²) in [5.74, 6) is -2.25. The maximum atomic E-state index is 11.6. The number of amides is 1. The number of aryl methyl sites for hydroxylation is 1. The van der Waals surface area contributed by atoms with Crippen molar-refractivity contribution in [3.05, 3.63) is 29.8 Å². The molecule has 1 heterocycles. The number of carboxylic acids is 1. The standard InChI is InChI=1S/C12H13NO3/c1-8-6-7-9-4-2-3-5-10(9)13(8)11(14)12(15)16/h2-5,8H,6-7H2,1H3,(H,15,16). The van der Waals surface area contributed by atoms with E-state index >= 15 is 0 Å². The zero-order valence-electron chi connectivity index (χ0n) is 9.01. The minimum absolute atomic E-state index is 0.0569. The molecule has 0 aliphatic carbocycles. The highest BCUT2D eigenvalue weighted by Gasteiger charge is 2.31. The third-order valence-electron chi connectivity index (χ3n) is 2.93. The fourth-order valence-electron chi connectivity index (χ4n) is 2.10. The van der Waals surface area contributed by atoms with Crippen LogP contribution in [-0.2, 0) is 16.0 Å². The molecular weight excluding hydrogens is 206 g/mol. The third-order valence-corrected chi connectivity index (χ3v) is 2.93. The van der Waals surface area contributed by atoms with E-state index in [4.69, 9.17) is 5.11 Å². The van der Waals surface area contributed by atoms with Gasteiger partial charge < -0.3 is 5.11 Å². The van der Waals surface area contributed by atoms with Crippen molar-refractivity contribution in [3.63, 3.8) is 0 Å². The fraction of sp³-hybridized carbons (Fsp3) is 0.333. The normalized spacial score (nSPS) is 19.1. The van der Waals surface area contributed by atoms with Gasteiger partial charge in [-0.15, -0.1) is 0 Å². The number of nitrogens with zero attached hydrogens (tertiary/aromatic N) is 1. The Morgan fingerprint density at radius 1 is 1.38 bits per heavy atom. The zero-order valence-corrected chi connectivity index (χ0v) is 9.01. The topological polar surface area (TPSA) is 57.6 Å². The van der Waals surface area contributed by atoms with Crippen LogP contribution in [0, 0.1) is 0 Å². The van der Waals surface area contributed by atoms with Crippen LogP contribution in [0.2, 0.25) is 0 Å². The van der Waals surface area contributed by atoms with E-state index in [1.807, 2.05) is 25.1 Å². The van der Waals surface area contributed by atoms with Crippen molar-refractivity contribution >= 4 is 17.6 Å². The van der Waals surface area contributed by atoms with Gasteiger partial charge in [-0.3, -0.25) is 9.69 Å². The molecule has 16 heavy (non-hydrogen) atoms. The highest BCUT2D eigenvalue weighted by Crippen LogP contribution is 2.30. The Bertz CT molecular complexity index is 442. The minimum atomic E-state index is -1.40. The van der Waals surface area contributed by atoms with E-state index in [1.165, 1.54) is 4.90 Å². The Labute approximate surface area is 93.5 Å². The van der Waals surface area contributed by atoms with Gasteiger partial charge in [0, 0.05) is 11.7 Å².